The maximum Gasteiger partial charge on any atom is 0.221 e. The van der Waals surface area contributed by atoms with Gasteiger partial charge < -0.3 is 10.6 Å². The van der Waals surface area contributed by atoms with E-state index in [0.717, 1.165) is 0 Å². The molecule has 0 saturated heterocycles. The molecule has 1 rings (SSSR count). The lowest BCUT2D eigenvalue weighted by Gasteiger charge is -2.21. The van der Waals surface area contributed by atoms with Gasteiger partial charge in [-0.3, -0.25) is 4.79 Å². The number of halogens is 3. The third kappa shape index (κ3) is 5.81. The van der Waals surface area contributed by atoms with Gasteiger partial charge in [0.05, 0.1) is 5.02 Å². The monoisotopic (exact) mass is 334 g/mol. The fourth-order valence-corrected chi connectivity index (χ4v) is 2.62. The van der Waals surface area contributed by atoms with Crippen LogP contribution in [-0.4, -0.2) is 18.0 Å². The summed E-state index contributed by atoms with van der Waals surface area (Å²) in [6, 6.07) is 2.46. The second-order valence-electron chi connectivity index (χ2n) is 5.98. The van der Waals surface area contributed by atoms with Crippen LogP contribution in [0, 0.1) is 5.82 Å². The smallest absolute Gasteiger partial charge is 0.221 e. The van der Waals surface area contributed by atoms with Crippen LogP contribution >= 0.6 is 23.2 Å². The van der Waals surface area contributed by atoms with E-state index in [4.69, 9.17) is 23.2 Å². The van der Waals surface area contributed by atoms with E-state index >= 15 is 0 Å². The molecule has 3 nitrogen and oxygen atoms in total. The predicted octanol–water partition coefficient (Wildman–Crippen LogP) is 4.09. The Hall–Kier alpha value is -0.840. The van der Waals surface area contributed by atoms with Gasteiger partial charge in [0.2, 0.25) is 5.91 Å². The Morgan fingerprint density at radius 2 is 1.95 bits per heavy atom. The van der Waals surface area contributed by atoms with Crippen molar-refractivity contribution in [2.24, 2.45) is 0 Å². The largest absolute Gasteiger partial charge is 0.351 e. The minimum atomic E-state index is -0.504. The Bertz CT molecular complexity index is 515. The van der Waals surface area contributed by atoms with Gasteiger partial charge in [-0.2, -0.15) is 0 Å². The second-order valence-corrected chi connectivity index (χ2v) is 6.77. The van der Waals surface area contributed by atoms with Crippen molar-refractivity contribution in [3.05, 3.63) is 33.6 Å². The van der Waals surface area contributed by atoms with Crippen molar-refractivity contribution in [3.63, 3.8) is 0 Å². The van der Waals surface area contributed by atoms with E-state index in [-0.39, 0.29) is 22.5 Å². The highest BCUT2D eigenvalue weighted by Gasteiger charge is 2.18. The SMILES string of the molecule is CC(NCCC(=O)NC(C)(C)C)c1c(Cl)ccc(F)c1Cl. The molecule has 0 saturated carbocycles. The molecule has 21 heavy (non-hydrogen) atoms. The minimum Gasteiger partial charge on any atom is -0.351 e. The van der Waals surface area contributed by atoms with Gasteiger partial charge in [-0.1, -0.05) is 23.2 Å². The highest BCUT2D eigenvalue weighted by molar-refractivity contribution is 6.36. The van der Waals surface area contributed by atoms with Crippen LogP contribution in [0.3, 0.4) is 0 Å². The van der Waals surface area contributed by atoms with E-state index in [2.05, 4.69) is 10.6 Å². The number of nitrogens with one attached hydrogen (secondary N) is 2. The molecule has 0 fully saturated rings. The summed E-state index contributed by atoms with van der Waals surface area (Å²) in [5.74, 6) is -0.547. The fraction of sp³-hybridized carbons (Fsp3) is 0.533. The van der Waals surface area contributed by atoms with Crippen LogP contribution in [0.15, 0.2) is 12.1 Å². The molecule has 118 valence electrons. The topological polar surface area (TPSA) is 41.1 Å². The van der Waals surface area contributed by atoms with E-state index in [1.807, 2.05) is 27.7 Å². The van der Waals surface area contributed by atoms with E-state index in [1.165, 1.54) is 12.1 Å². The standard InChI is InChI=1S/C15H21Cl2FN2O/c1-9(13-10(16)5-6-11(18)14(13)17)19-8-7-12(21)20-15(2,3)4/h5-6,9,19H,7-8H2,1-4H3,(H,20,21). The van der Waals surface area contributed by atoms with Gasteiger partial charge in [-0.15, -0.1) is 0 Å². The number of hydrogen-bond donors (Lipinski definition) is 2. The van der Waals surface area contributed by atoms with Crippen molar-refractivity contribution >= 4 is 29.1 Å². The number of benzene rings is 1. The molecule has 1 unspecified atom stereocenters. The molecule has 0 aliphatic rings. The van der Waals surface area contributed by atoms with Gasteiger partial charge in [0, 0.05) is 35.1 Å². The minimum absolute atomic E-state index is 0.0154. The van der Waals surface area contributed by atoms with E-state index < -0.39 is 5.82 Å². The summed E-state index contributed by atoms with van der Waals surface area (Å²) in [6.07, 6.45) is 0.326. The Kier molecular flexibility index (Phi) is 6.44. The Morgan fingerprint density at radius 1 is 1.33 bits per heavy atom. The third-order valence-corrected chi connectivity index (χ3v) is 3.54. The van der Waals surface area contributed by atoms with E-state index in [1.54, 1.807) is 0 Å². The molecule has 0 bridgehead atoms. The number of carbonyl (C=O) groups excluding carboxylic acids is 1. The summed E-state index contributed by atoms with van der Waals surface area (Å²) in [7, 11) is 0. The molecule has 1 aromatic carbocycles. The number of hydrogen-bond acceptors (Lipinski definition) is 2. The second kappa shape index (κ2) is 7.43. The van der Waals surface area contributed by atoms with Crippen molar-refractivity contribution in [2.45, 2.75) is 45.7 Å². The molecule has 0 spiro atoms. The van der Waals surface area contributed by atoms with Gasteiger partial charge >= 0.3 is 0 Å². The molecule has 2 N–H and O–H groups in total. The molecule has 1 amide bonds. The summed E-state index contributed by atoms with van der Waals surface area (Å²) in [6.45, 7) is 8.05. The molecule has 0 heterocycles. The molecule has 0 radical (unpaired) electrons. The van der Waals surface area contributed by atoms with Crippen LogP contribution in [0.25, 0.3) is 0 Å². The number of rotatable bonds is 5. The zero-order valence-electron chi connectivity index (χ0n) is 12.7. The molecule has 0 aliphatic carbocycles. The lowest BCUT2D eigenvalue weighted by Crippen LogP contribution is -2.41. The highest BCUT2D eigenvalue weighted by atomic mass is 35.5. The van der Waals surface area contributed by atoms with Gasteiger partial charge in [0.1, 0.15) is 5.82 Å². The van der Waals surface area contributed by atoms with Crippen molar-refractivity contribution in [2.75, 3.05) is 6.54 Å². The zero-order valence-corrected chi connectivity index (χ0v) is 14.2. The average molecular weight is 335 g/mol. The van der Waals surface area contributed by atoms with Crippen LogP contribution < -0.4 is 10.6 Å². The van der Waals surface area contributed by atoms with Crippen molar-refractivity contribution < 1.29 is 9.18 Å². The predicted molar refractivity (Wildman–Crippen MR) is 85.4 cm³/mol. The normalized spacial score (nSPS) is 13.1. The zero-order chi connectivity index (χ0) is 16.2. The average Bonchev–Trinajstić information content (AvgIpc) is 2.32. The molecule has 1 aromatic rings. The van der Waals surface area contributed by atoms with Crippen molar-refractivity contribution in [1.29, 1.82) is 0 Å². The first-order valence-electron chi connectivity index (χ1n) is 6.79. The molecule has 0 aromatic heterocycles. The van der Waals surface area contributed by atoms with Gasteiger partial charge in [0.25, 0.3) is 0 Å². The fourth-order valence-electron chi connectivity index (χ4n) is 1.92. The van der Waals surface area contributed by atoms with Crippen LogP contribution in [0.5, 0.6) is 0 Å². The molecular formula is C15H21Cl2FN2O. The van der Waals surface area contributed by atoms with Crippen molar-refractivity contribution in [3.8, 4) is 0 Å². The Balaban J connectivity index is 2.58. The van der Waals surface area contributed by atoms with Gasteiger partial charge in [-0.25, -0.2) is 4.39 Å². The molecule has 0 aliphatic heterocycles. The van der Waals surface area contributed by atoms with Gasteiger partial charge in [-0.05, 0) is 39.8 Å². The maximum atomic E-state index is 13.5. The van der Waals surface area contributed by atoms with Crippen LogP contribution in [0.4, 0.5) is 4.39 Å². The molecule has 1 atom stereocenters. The van der Waals surface area contributed by atoms with E-state index in [0.29, 0.717) is 23.6 Å². The molecular weight excluding hydrogens is 314 g/mol. The van der Waals surface area contributed by atoms with E-state index in [9.17, 15) is 9.18 Å². The maximum absolute atomic E-state index is 13.5. The first-order chi connectivity index (χ1) is 9.61. The summed E-state index contributed by atoms with van der Waals surface area (Å²) in [5.41, 5.74) is 0.257. The summed E-state index contributed by atoms with van der Waals surface area (Å²) < 4.78 is 13.5. The van der Waals surface area contributed by atoms with Crippen LogP contribution in [-0.2, 0) is 4.79 Å². The van der Waals surface area contributed by atoms with Crippen molar-refractivity contribution in [1.82, 2.24) is 10.6 Å². The number of carbonyl (C=O) groups is 1. The summed E-state index contributed by atoms with van der Waals surface area (Å²) in [4.78, 5) is 11.7. The first kappa shape index (κ1) is 18.2. The third-order valence-electron chi connectivity index (χ3n) is 2.83. The van der Waals surface area contributed by atoms with Crippen LogP contribution in [0.2, 0.25) is 10.0 Å². The van der Waals surface area contributed by atoms with Gasteiger partial charge in [0.15, 0.2) is 0 Å². The summed E-state index contributed by atoms with van der Waals surface area (Å²) in [5, 5.41) is 6.42. The highest BCUT2D eigenvalue weighted by Crippen LogP contribution is 2.32. The number of amides is 1. The lowest BCUT2D eigenvalue weighted by molar-refractivity contribution is -0.122. The quantitative estimate of drug-likeness (QED) is 0.796. The molecule has 6 heteroatoms. The van der Waals surface area contributed by atoms with Crippen LogP contribution in [0.1, 0.15) is 45.7 Å². The lowest BCUT2D eigenvalue weighted by atomic mass is 10.1. The first-order valence-corrected chi connectivity index (χ1v) is 7.55. The Labute approximate surface area is 135 Å². The Morgan fingerprint density at radius 3 is 2.52 bits per heavy atom. The summed E-state index contributed by atoms with van der Waals surface area (Å²) >= 11 is 12.0.